The van der Waals surface area contributed by atoms with E-state index in [1.54, 1.807) is 24.3 Å². The molecule has 0 bridgehead atoms. The van der Waals surface area contributed by atoms with E-state index < -0.39 is 11.9 Å². The molecule has 110 valence electrons. The molecule has 0 aliphatic heterocycles. The number of carbonyl (C=O) groups excluding carboxylic acids is 2. The number of nitrogens with one attached hydrogen (secondary N) is 2. The van der Waals surface area contributed by atoms with Crippen molar-refractivity contribution < 1.29 is 9.59 Å². The number of nitrogens with two attached hydrogens (primary N) is 1. The second kappa shape index (κ2) is 6.72. The zero-order valence-corrected chi connectivity index (χ0v) is 12.6. The van der Waals surface area contributed by atoms with Crippen molar-refractivity contribution in [3.05, 3.63) is 29.3 Å². The van der Waals surface area contributed by atoms with Crippen LogP contribution in [-0.4, -0.2) is 24.4 Å². The number of primary amides is 1. The summed E-state index contributed by atoms with van der Waals surface area (Å²) in [4.78, 5) is 23.2. The Hall–Kier alpha value is -1.59. The molecule has 4 N–H and O–H groups in total. The van der Waals surface area contributed by atoms with Crippen molar-refractivity contribution in [1.29, 1.82) is 0 Å². The van der Waals surface area contributed by atoms with Crippen LogP contribution in [0.3, 0.4) is 0 Å². The fourth-order valence-corrected chi connectivity index (χ4v) is 1.97. The van der Waals surface area contributed by atoms with Crippen LogP contribution < -0.4 is 16.4 Å². The van der Waals surface area contributed by atoms with Gasteiger partial charge in [0.15, 0.2) is 0 Å². The molecule has 0 saturated heterocycles. The molecule has 0 aliphatic rings. The number of hydrogen-bond donors (Lipinski definition) is 3. The molecule has 1 aromatic carbocycles. The van der Waals surface area contributed by atoms with Gasteiger partial charge >= 0.3 is 0 Å². The Labute approximate surface area is 123 Å². The molecule has 1 atom stereocenters. The van der Waals surface area contributed by atoms with Crippen LogP contribution in [0.1, 0.15) is 20.8 Å². The molecule has 0 heterocycles. The predicted molar refractivity (Wildman–Crippen MR) is 80.5 cm³/mol. The van der Waals surface area contributed by atoms with Crippen LogP contribution in [-0.2, 0) is 9.59 Å². The highest BCUT2D eigenvalue weighted by molar-refractivity contribution is 6.33. The molecule has 0 aromatic heterocycles. The summed E-state index contributed by atoms with van der Waals surface area (Å²) >= 11 is 5.94. The maximum Gasteiger partial charge on any atom is 0.238 e. The number of carbonyl (C=O) groups is 2. The first-order valence-electron chi connectivity index (χ1n) is 6.29. The zero-order chi connectivity index (χ0) is 15.3. The molecule has 20 heavy (non-hydrogen) atoms. The summed E-state index contributed by atoms with van der Waals surface area (Å²) in [6, 6.07) is 6.36. The van der Waals surface area contributed by atoms with Gasteiger partial charge in [0.05, 0.1) is 23.3 Å². The molecule has 0 spiro atoms. The first kappa shape index (κ1) is 16.5. The summed E-state index contributed by atoms with van der Waals surface area (Å²) in [5.41, 5.74) is 5.50. The Morgan fingerprint density at radius 2 is 1.90 bits per heavy atom. The summed E-state index contributed by atoms with van der Waals surface area (Å²) in [5, 5.41) is 6.00. The molecule has 0 aliphatic carbocycles. The molecule has 2 amide bonds. The SMILES string of the molecule is CC(C)(C)[C@H](NCC(=O)Nc1ccccc1Cl)C(N)=O. The third-order valence-electron chi connectivity index (χ3n) is 2.77. The van der Waals surface area contributed by atoms with E-state index in [9.17, 15) is 9.59 Å². The average Bonchev–Trinajstić information content (AvgIpc) is 2.30. The number of anilines is 1. The highest BCUT2D eigenvalue weighted by Crippen LogP contribution is 2.21. The van der Waals surface area contributed by atoms with Crippen LogP contribution in [0.15, 0.2) is 24.3 Å². The number of benzene rings is 1. The Morgan fingerprint density at radius 1 is 1.30 bits per heavy atom. The topological polar surface area (TPSA) is 84.2 Å². The second-order valence-corrected chi connectivity index (χ2v) is 6.02. The monoisotopic (exact) mass is 297 g/mol. The zero-order valence-electron chi connectivity index (χ0n) is 11.9. The van der Waals surface area contributed by atoms with Gasteiger partial charge in [-0.3, -0.25) is 14.9 Å². The van der Waals surface area contributed by atoms with Crippen molar-refractivity contribution in [2.45, 2.75) is 26.8 Å². The van der Waals surface area contributed by atoms with Crippen LogP contribution in [0.5, 0.6) is 0 Å². The van der Waals surface area contributed by atoms with Crippen molar-refractivity contribution in [2.75, 3.05) is 11.9 Å². The van der Waals surface area contributed by atoms with E-state index in [2.05, 4.69) is 10.6 Å². The quantitative estimate of drug-likeness (QED) is 0.774. The van der Waals surface area contributed by atoms with Crippen LogP contribution in [0.25, 0.3) is 0 Å². The van der Waals surface area contributed by atoms with E-state index in [4.69, 9.17) is 17.3 Å². The van der Waals surface area contributed by atoms with Crippen LogP contribution in [0.2, 0.25) is 5.02 Å². The average molecular weight is 298 g/mol. The summed E-state index contributed by atoms with van der Waals surface area (Å²) in [6.07, 6.45) is 0. The minimum absolute atomic E-state index is 0.0178. The van der Waals surface area contributed by atoms with Gasteiger partial charge in [0, 0.05) is 0 Å². The van der Waals surface area contributed by atoms with E-state index in [0.717, 1.165) is 0 Å². The van der Waals surface area contributed by atoms with Gasteiger partial charge in [0.1, 0.15) is 0 Å². The van der Waals surface area contributed by atoms with Gasteiger partial charge in [-0.25, -0.2) is 0 Å². The lowest BCUT2D eigenvalue weighted by Crippen LogP contribution is -2.51. The Bertz CT molecular complexity index is 497. The van der Waals surface area contributed by atoms with Crippen LogP contribution >= 0.6 is 11.6 Å². The van der Waals surface area contributed by atoms with Crippen molar-refractivity contribution in [3.8, 4) is 0 Å². The molecule has 0 unspecified atom stereocenters. The Kier molecular flexibility index (Phi) is 5.53. The van der Waals surface area contributed by atoms with Gasteiger partial charge in [0.2, 0.25) is 11.8 Å². The summed E-state index contributed by atoms with van der Waals surface area (Å²) in [6.45, 7) is 5.61. The van der Waals surface area contributed by atoms with Gasteiger partial charge in [-0.05, 0) is 17.5 Å². The molecule has 0 fully saturated rings. The normalized spacial score (nSPS) is 12.8. The van der Waals surface area contributed by atoms with Gasteiger partial charge < -0.3 is 11.1 Å². The van der Waals surface area contributed by atoms with Gasteiger partial charge in [-0.15, -0.1) is 0 Å². The van der Waals surface area contributed by atoms with Gasteiger partial charge in [0.25, 0.3) is 0 Å². The second-order valence-electron chi connectivity index (χ2n) is 5.61. The Morgan fingerprint density at radius 3 is 2.40 bits per heavy atom. The first-order valence-corrected chi connectivity index (χ1v) is 6.66. The first-order chi connectivity index (χ1) is 9.21. The summed E-state index contributed by atoms with van der Waals surface area (Å²) < 4.78 is 0. The molecule has 5 nitrogen and oxygen atoms in total. The maximum atomic E-state index is 11.8. The van der Waals surface area contributed by atoms with E-state index in [1.807, 2.05) is 20.8 Å². The lowest BCUT2D eigenvalue weighted by Gasteiger charge is -2.28. The lowest BCUT2D eigenvalue weighted by molar-refractivity contribution is -0.122. The van der Waals surface area contributed by atoms with E-state index in [-0.39, 0.29) is 17.9 Å². The van der Waals surface area contributed by atoms with Crippen molar-refractivity contribution in [2.24, 2.45) is 11.1 Å². The van der Waals surface area contributed by atoms with Gasteiger partial charge in [-0.2, -0.15) is 0 Å². The Balaban J connectivity index is 2.59. The van der Waals surface area contributed by atoms with Crippen LogP contribution in [0, 0.1) is 5.41 Å². The van der Waals surface area contributed by atoms with Crippen LogP contribution in [0.4, 0.5) is 5.69 Å². The number of halogens is 1. The standard InChI is InChI=1S/C14H20ClN3O2/c1-14(2,3)12(13(16)20)17-8-11(19)18-10-7-5-4-6-9(10)15/h4-7,12,17H,8H2,1-3H3,(H2,16,20)(H,18,19)/t12-/m1/s1. The smallest absolute Gasteiger partial charge is 0.238 e. The van der Waals surface area contributed by atoms with Crippen molar-refractivity contribution in [1.82, 2.24) is 5.32 Å². The fraction of sp³-hybridized carbons (Fsp3) is 0.429. The predicted octanol–water partition coefficient (Wildman–Crippen LogP) is 1.77. The number of para-hydroxylation sites is 1. The molecule has 0 saturated carbocycles. The van der Waals surface area contributed by atoms with Crippen molar-refractivity contribution >= 4 is 29.1 Å². The van der Waals surface area contributed by atoms with Gasteiger partial charge in [-0.1, -0.05) is 44.5 Å². The molecular weight excluding hydrogens is 278 g/mol. The summed E-state index contributed by atoms with van der Waals surface area (Å²) in [7, 11) is 0. The van der Waals surface area contributed by atoms with E-state index in [1.165, 1.54) is 0 Å². The lowest BCUT2D eigenvalue weighted by atomic mass is 9.86. The van der Waals surface area contributed by atoms with E-state index in [0.29, 0.717) is 10.7 Å². The minimum Gasteiger partial charge on any atom is -0.368 e. The van der Waals surface area contributed by atoms with Crippen molar-refractivity contribution in [3.63, 3.8) is 0 Å². The third kappa shape index (κ3) is 4.83. The molecule has 1 rings (SSSR count). The number of amides is 2. The highest BCUT2D eigenvalue weighted by atomic mass is 35.5. The largest absolute Gasteiger partial charge is 0.368 e. The number of hydrogen-bond acceptors (Lipinski definition) is 3. The number of rotatable bonds is 5. The molecular formula is C14H20ClN3O2. The minimum atomic E-state index is -0.584. The maximum absolute atomic E-state index is 11.8. The summed E-state index contributed by atoms with van der Waals surface area (Å²) in [5.74, 6) is -0.767. The highest BCUT2D eigenvalue weighted by Gasteiger charge is 2.29. The molecule has 0 radical (unpaired) electrons. The van der Waals surface area contributed by atoms with E-state index >= 15 is 0 Å². The third-order valence-corrected chi connectivity index (χ3v) is 3.09. The molecule has 6 heteroatoms. The fourth-order valence-electron chi connectivity index (χ4n) is 1.79. The molecule has 1 aromatic rings.